The van der Waals surface area contributed by atoms with E-state index in [2.05, 4.69) is 0 Å². The van der Waals surface area contributed by atoms with E-state index in [1.165, 1.54) is 0 Å². The first kappa shape index (κ1) is 8.85. The third-order valence-corrected chi connectivity index (χ3v) is 0.167. The van der Waals surface area contributed by atoms with Crippen LogP contribution in [0.5, 0.6) is 0 Å². The zero-order valence-electron chi connectivity index (χ0n) is 2.98. The van der Waals surface area contributed by atoms with Crippen LogP contribution in [0.25, 0.3) is 0 Å². The molecule has 0 unspecified atom stereocenters. The molecule has 0 aliphatic carbocycles. The summed E-state index contributed by atoms with van der Waals surface area (Å²) < 4.78 is 0. The van der Waals surface area contributed by atoms with Crippen LogP contribution >= 0.6 is 0 Å². The zero-order chi connectivity index (χ0) is 3.41. The Hall–Kier alpha value is -0.150. The maximum absolute atomic E-state index is 4.90. The van der Waals surface area contributed by atoms with Gasteiger partial charge in [0.15, 0.2) is 0 Å². The molecule has 0 radical (unpaired) electrons. The number of hydrogen-bond donors (Lipinski definition) is 2. The monoisotopic (exact) mass is 80.1 g/mol. The van der Waals surface area contributed by atoms with Crippen LogP contribution in [-0.4, -0.2) is 13.1 Å². The average Bonchev–Trinajstić information content (AvgIpc) is 1.37. The molecule has 0 saturated heterocycles. The molecule has 0 spiro atoms. The standard InChI is InChI=1S/C2H8N2.FH/c3-1-2-4;/h1-4H2;1H. The first-order valence-electron chi connectivity index (χ1n) is 1.32. The lowest BCUT2D eigenvalue weighted by molar-refractivity contribution is 0.976. The summed E-state index contributed by atoms with van der Waals surface area (Å²) in [6.45, 7) is 1.19. The lowest BCUT2D eigenvalue weighted by atomic mass is 10.7. The van der Waals surface area contributed by atoms with Crippen LogP contribution in [0, 0.1) is 0 Å². The predicted octanol–water partition coefficient (Wildman–Crippen LogP) is -0.944. The van der Waals surface area contributed by atoms with E-state index in [1.54, 1.807) is 0 Å². The van der Waals surface area contributed by atoms with E-state index >= 15 is 0 Å². The highest BCUT2D eigenvalue weighted by molar-refractivity contribution is 4.26. The van der Waals surface area contributed by atoms with Crippen molar-refractivity contribution in [2.24, 2.45) is 11.5 Å². The molecule has 2 nitrogen and oxygen atoms in total. The van der Waals surface area contributed by atoms with Crippen molar-refractivity contribution in [1.29, 1.82) is 0 Å². The van der Waals surface area contributed by atoms with Crippen molar-refractivity contribution in [1.82, 2.24) is 0 Å². The number of halogens is 1. The normalized spacial score (nSPS) is 6.00. The predicted molar refractivity (Wildman–Crippen MR) is 20.6 cm³/mol. The van der Waals surface area contributed by atoms with E-state index in [9.17, 15) is 0 Å². The minimum atomic E-state index is 0. The maximum Gasteiger partial charge on any atom is 0.00461 e. The van der Waals surface area contributed by atoms with Crippen LogP contribution in [-0.2, 0) is 0 Å². The van der Waals surface area contributed by atoms with Gasteiger partial charge in [0, 0.05) is 13.1 Å². The molecular weight excluding hydrogens is 71.0 g/mol. The van der Waals surface area contributed by atoms with Gasteiger partial charge in [0.2, 0.25) is 0 Å². The summed E-state index contributed by atoms with van der Waals surface area (Å²) in [4.78, 5) is 0. The van der Waals surface area contributed by atoms with Crippen LogP contribution < -0.4 is 11.5 Å². The second-order valence-electron chi connectivity index (χ2n) is 0.577. The first-order valence-corrected chi connectivity index (χ1v) is 1.32. The highest BCUT2D eigenvalue weighted by atomic mass is 19.0. The van der Waals surface area contributed by atoms with Gasteiger partial charge in [-0.15, -0.1) is 0 Å². The molecule has 5 heavy (non-hydrogen) atoms. The smallest absolute Gasteiger partial charge is 0.00461 e. The van der Waals surface area contributed by atoms with Crippen molar-refractivity contribution in [3.63, 3.8) is 0 Å². The SMILES string of the molecule is F.NCCN. The number of rotatable bonds is 1. The van der Waals surface area contributed by atoms with E-state index < -0.39 is 0 Å². The highest BCUT2D eigenvalue weighted by Crippen LogP contribution is 1.24. The molecule has 0 amide bonds. The Labute approximate surface area is 30.5 Å². The zero-order valence-corrected chi connectivity index (χ0v) is 2.98. The second-order valence-corrected chi connectivity index (χ2v) is 0.577. The Balaban J connectivity index is 0. The summed E-state index contributed by atoms with van der Waals surface area (Å²) >= 11 is 0. The molecule has 0 atom stereocenters. The summed E-state index contributed by atoms with van der Waals surface area (Å²) in [5, 5.41) is 0. The minimum absolute atomic E-state index is 0. The lowest BCUT2D eigenvalue weighted by Crippen LogP contribution is -2.11. The van der Waals surface area contributed by atoms with Crippen LogP contribution in [0.15, 0.2) is 0 Å². The summed E-state index contributed by atoms with van der Waals surface area (Å²) in [7, 11) is 0. The van der Waals surface area contributed by atoms with Gasteiger partial charge in [0.1, 0.15) is 0 Å². The summed E-state index contributed by atoms with van der Waals surface area (Å²) in [6.07, 6.45) is 0. The third kappa shape index (κ3) is 18.2. The van der Waals surface area contributed by atoms with Gasteiger partial charge < -0.3 is 11.5 Å². The average molecular weight is 80.1 g/mol. The van der Waals surface area contributed by atoms with Crippen molar-refractivity contribution in [2.45, 2.75) is 0 Å². The Bertz CT molecular complexity index is 9.61. The van der Waals surface area contributed by atoms with E-state index in [0.717, 1.165) is 0 Å². The Morgan fingerprint density at radius 2 is 1.20 bits per heavy atom. The Morgan fingerprint density at radius 1 is 1.00 bits per heavy atom. The van der Waals surface area contributed by atoms with Gasteiger partial charge in [-0.25, -0.2) is 0 Å². The molecule has 0 rings (SSSR count). The van der Waals surface area contributed by atoms with Crippen molar-refractivity contribution in [3.8, 4) is 0 Å². The van der Waals surface area contributed by atoms with Crippen molar-refractivity contribution < 1.29 is 4.70 Å². The molecule has 0 bridgehead atoms. The molecule has 0 aliphatic rings. The largest absolute Gasteiger partial charge is 0.329 e. The summed E-state index contributed by atoms with van der Waals surface area (Å²) in [5.74, 6) is 0. The number of nitrogens with two attached hydrogens (primary N) is 2. The summed E-state index contributed by atoms with van der Waals surface area (Å²) in [5.41, 5.74) is 9.81. The van der Waals surface area contributed by atoms with Crippen LogP contribution in [0.2, 0.25) is 0 Å². The van der Waals surface area contributed by atoms with E-state index in [4.69, 9.17) is 11.5 Å². The number of hydrogen-bond acceptors (Lipinski definition) is 2. The fourth-order valence-corrected chi connectivity index (χ4v) is 0. The van der Waals surface area contributed by atoms with Crippen molar-refractivity contribution in [2.75, 3.05) is 13.1 Å². The van der Waals surface area contributed by atoms with Gasteiger partial charge in [0.25, 0.3) is 0 Å². The Kier molecular flexibility index (Phi) is 16.2. The second kappa shape index (κ2) is 9.14. The van der Waals surface area contributed by atoms with Gasteiger partial charge in [0.05, 0.1) is 0 Å². The van der Waals surface area contributed by atoms with E-state index in [-0.39, 0.29) is 4.70 Å². The molecule has 34 valence electrons. The van der Waals surface area contributed by atoms with Crippen LogP contribution in [0.3, 0.4) is 0 Å². The molecule has 4 N–H and O–H groups in total. The molecule has 0 fully saturated rings. The molecule has 3 heteroatoms. The highest BCUT2D eigenvalue weighted by Gasteiger charge is 1.54. The summed E-state index contributed by atoms with van der Waals surface area (Å²) in [6, 6.07) is 0. The maximum atomic E-state index is 4.90. The van der Waals surface area contributed by atoms with Crippen LogP contribution in [0.1, 0.15) is 0 Å². The Morgan fingerprint density at radius 3 is 1.20 bits per heavy atom. The van der Waals surface area contributed by atoms with Gasteiger partial charge in [-0.1, -0.05) is 0 Å². The van der Waals surface area contributed by atoms with Crippen LogP contribution in [0.4, 0.5) is 4.70 Å². The fourth-order valence-electron chi connectivity index (χ4n) is 0. The van der Waals surface area contributed by atoms with E-state index in [0.29, 0.717) is 13.1 Å². The minimum Gasteiger partial charge on any atom is -0.329 e. The lowest BCUT2D eigenvalue weighted by Gasteiger charge is -1.72. The van der Waals surface area contributed by atoms with Crippen molar-refractivity contribution in [3.05, 3.63) is 0 Å². The molecular formula is C2H9FN2. The van der Waals surface area contributed by atoms with Crippen molar-refractivity contribution >= 4 is 0 Å². The third-order valence-electron chi connectivity index (χ3n) is 0.167. The quantitative estimate of drug-likeness (QED) is 0.427. The molecule has 0 aromatic heterocycles. The topological polar surface area (TPSA) is 52.0 Å². The molecule has 0 aromatic carbocycles. The van der Waals surface area contributed by atoms with Gasteiger partial charge in [-0.3, -0.25) is 4.70 Å². The molecule has 0 saturated carbocycles. The molecule has 0 heterocycles. The van der Waals surface area contributed by atoms with Gasteiger partial charge in [-0.2, -0.15) is 0 Å². The fraction of sp³-hybridized carbons (Fsp3) is 1.00. The van der Waals surface area contributed by atoms with E-state index in [1.807, 2.05) is 0 Å². The molecule has 0 aliphatic heterocycles. The van der Waals surface area contributed by atoms with Gasteiger partial charge >= 0.3 is 0 Å². The van der Waals surface area contributed by atoms with Gasteiger partial charge in [-0.05, 0) is 0 Å². The molecule has 0 aromatic rings. The first-order chi connectivity index (χ1) is 1.91.